The number of nitriles is 1. The van der Waals surface area contributed by atoms with E-state index in [4.69, 9.17) is 10.7 Å². The van der Waals surface area contributed by atoms with Crippen LogP contribution in [0.5, 0.6) is 0 Å². The van der Waals surface area contributed by atoms with E-state index in [0.717, 1.165) is 64.9 Å². The van der Waals surface area contributed by atoms with Crippen molar-refractivity contribution in [3.63, 3.8) is 0 Å². The minimum atomic E-state index is 0.285. The summed E-state index contributed by atoms with van der Waals surface area (Å²) in [7, 11) is 1.93. The second kappa shape index (κ2) is 7.86. The molecule has 1 saturated heterocycles. The van der Waals surface area contributed by atoms with Crippen molar-refractivity contribution in [1.29, 1.82) is 5.26 Å². The Morgan fingerprint density at radius 3 is 2.52 bits per heavy atom. The second-order valence-electron chi connectivity index (χ2n) is 8.18. The average Bonchev–Trinajstić information content (AvgIpc) is 3.18. The quantitative estimate of drug-likeness (QED) is 0.552. The van der Waals surface area contributed by atoms with E-state index in [9.17, 15) is 5.26 Å². The largest absolute Gasteiger partial charge is 0.370 e. The average molecular weight is 409 g/mol. The Hall–Kier alpha value is -3.69. The molecule has 1 aliphatic rings. The summed E-state index contributed by atoms with van der Waals surface area (Å²) in [6.45, 7) is 1.88. The van der Waals surface area contributed by atoms with Crippen LogP contribution in [0.1, 0.15) is 18.4 Å². The van der Waals surface area contributed by atoms with Crippen molar-refractivity contribution in [3.05, 3.63) is 66.5 Å². The SMILES string of the molecule is Cn1cc2cc(-c3ncc(N4CCC(N)CC4)cc3-c3ccc(C#N)cc3)ccc2n1. The van der Waals surface area contributed by atoms with Crippen LogP contribution in [-0.4, -0.2) is 33.9 Å². The lowest BCUT2D eigenvalue weighted by molar-refractivity contribution is 0.501. The van der Waals surface area contributed by atoms with E-state index < -0.39 is 0 Å². The monoisotopic (exact) mass is 408 g/mol. The molecular formula is C25H24N6. The lowest BCUT2D eigenvalue weighted by Crippen LogP contribution is -2.39. The molecule has 0 spiro atoms. The van der Waals surface area contributed by atoms with Crippen LogP contribution in [0.2, 0.25) is 0 Å². The zero-order chi connectivity index (χ0) is 21.4. The van der Waals surface area contributed by atoms with Crippen molar-refractivity contribution >= 4 is 16.6 Å². The molecule has 0 unspecified atom stereocenters. The summed E-state index contributed by atoms with van der Waals surface area (Å²) in [6.07, 6.45) is 5.97. The number of anilines is 1. The molecule has 6 nitrogen and oxygen atoms in total. The molecule has 5 rings (SSSR count). The maximum absolute atomic E-state index is 9.18. The molecule has 6 heteroatoms. The summed E-state index contributed by atoms with van der Waals surface area (Å²) in [4.78, 5) is 7.27. The van der Waals surface area contributed by atoms with Gasteiger partial charge in [-0.25, -0.2) is 0 Å². The number of aromatic nitrogens is 3. The van der Waals surface area contributed by atoms with Gasteiger partial charge in [-0.15, -0.1) is 0 Å². The number of pyridine rings is 1. The van der Waals surface area contributed by atoms with Crippen LogP contribution in [0, 0.1) is 11.3 Å². The van der Waals surface area contributed by atoms with Crippen LogP contribution in [-0.2, 0) is 7.05 Å². The Balaban J connectivity index is 1.62. The fourth-order valence-corrected chi connectivity index (χ4v) is 4.26. The molecule has 0 atom stereocenters. The highest BCUT2D eigenvalue weighted by Gasteiger charge is 2.19. The Labute approximate surface area is 181 Å². The molecule has 0 radical (unpaired) electrons. The number of piperidine rings is 1. The highest BCUT2D eigenvalue weighted by Crippen LogP contribution is 2.35. The van der Waals surface area contributed by atoms with Gasteiger partial charge in [0.25, 0.3) is 0 Å². The summed E-state index contributed by atoms with van der Waals surface area (Å²) < 4.78 is 1.83. The molecule has 0 amide bonds. The molecule has 1 fully saturated rings. The van der Waals surface area contributed by atoms with Crippen LogP contribution >= 0.6 is 0 Å². The summed E-state index contributed by atoms with van der Waals surface area (Å²) in [5.74, 6) is 0. The zero-order valence-corrected chi connectivity index (χ0v) is 17.5. The molecule has 2 aromatic heterocycles. The van der Waals surface area contributed by atoms with Crippen LogP contribution in [0.3, 0.4) is 0 Å². The molecule has 4 aromatic rings. The first-order valence-corrected chi connectivity index (χ1v) is 10.6. The first-order valence-electron chi connectivity index (χ1n) is 10.6. The minimum Gasteiger partial charge on any atom is -0.370 e. The van der Waals surface area contributed by atoms with Crippen molar-refractivity contribution in [2.75, 3.05) is 18.0 Å². The molecule has 0 bridgehead atoms. The molecule has 154 valence electrons. The maximum atomic E-state index is 9.18. The van der Waals surface area contributed by atoms with Gasteiger partial charge in [0.1, 0.15) is 0 Å². The van der Waals surface area contributed by atoms with E-state index in [-0.39, 0.29) is 6.04 Å². The normalized spacial score (nSPS) is 14.7. The number of aryl methyl sites for hydroxylation is 1. The first kappa shape index (κ1) is 19.3. The Morgan fingerprint density at radius 2 is 1.77 bits per heavy atom. The van der Waals surface area contributed by atoms with E-state index in [2.05, 4.69) is 34.3 Å². The third kappa shape index (κ3) is 3.76. The number of nitrogens with two attached hydrogens (primary N) is 1. The molecule has 0 saturated carbocycles. The van der Waals surface area contributed by atoms with E-state index >= 15 is 0 Å². The van der Waals surface area contributed by atoms with Gasteiger partial charge in [-0.3, -0.25) is 9.67 Å². The molecule has 1 aliphatic heterocycles. The smallest absolute Gasteiger partial charge is 0.0991 e. The minimum absolute atomic E-state index is 0.285. The topological polar surface area (TPSA) is 83.8 Å². The van der Waals surface area contributed by atoms with Gasteiger partial charge in [-0.1, -0.05) is 18.2 Å². The zero-order valence-electron chi connectivity index (χ0n) is 17.5. The van der Waals surface area contributed by atoms with E-state index in [1.165, 1.54) is 0 Å². The van der Waals surface area contributed by atoms with Crippen molar-refractivity contribution < 1.29 is 0 Å². The molecule has 2 N–H and O–H groups in total. The number of benzene rings is 2. The lowest BCUT2D eigenvalue weighted by atomic mass is 9.97. The predicted molar refractivity (Wildman–Crippen MR) is 124 cm³/mol. The Kier molecular flexibility index (Phi) is 4.89. The van der Waals surface area contributed by atoms with Crippen LogP contribution in [0.25, 0.3) is 33.3 Å². The Morgan fingerprint density at radius 1 is 1.03 bits per heavy atom. The maximum Gasteiger partial charge on any atom is 0.0991 e. The van der Waals surface area contributed by atoms with E-state index in [0.29, 0.717) is 5.56 Å². The van der Waals surface area contributed by atoms with E-state index in [1.54, 1.807) is 0 Å². The number of hydrogen-bond donors (Lipinski definition) is 1. The highest BCUT2D eigenvalue weighted by molar-refractivity contribution is 5.89. The van der Waals surface area contributed by atoms with Gasteiger partial charge in [-0.05, 0) is 48.7 Å². The standard InChI is InChI=1S/C25H24N6/c1-30-16-20-12-19(6-7-24(20)29-30)25-23(18-4-2-17(14-26)3-5-18)13-22(15-28-25)31-10-8-21(27)9-11-31/h2-7,12-13,15-16,21H,8-11,27H2,1H3. The summed E-state index contributed by atoms with van der Waals surface area (Å²) in [5.41, 5.74) is 12.9. The first-order chi connectivity index (χ1) is 15.1. The van der Waals surface area contributed by atoms with Crippen LogP contribution in [0.15, 0.2) is 60.9 Å². The fourth-order valence-electron chi connectivity index (χ4n) is 4.26. The summed E-state index contributed by atoms with van der Waals surface area (Å²) >= 11 is 0. The predicted octanol–water partition coefficient (Wildman–Crippen LogP) is 4.10. The lowest BCUT2D eigenvalue weighted by Gasteiger charge is -2.32. The third-order valence-corrected chi connectivity index (χ3v) is 6.00. The van der Waals surface area contributed by atoms with Gasteiger partial charge in [0.15, 0.2) is 0 Å². The van der Waals surface area contributed by atoms with Gasteiger partial charge >= 0.3 is 0 Å². The van der Waals surface area contributed by atoms with Gasteiger partial charge in [-0.2, -0.15) is 10.4 Å². The van der Waals surface area contributed by atoms with Gasteiger partial charge in [0, 0.05) is 48.9 Å². The van der Waals surface area contributed by atoms with Gasteiger partial charge < -0.3 is 10.6 Å². The Bertz CT molecular complexity index is 1270. The van der Waals surface area contributed by atoms with Crippen molar-refractivity contribution in [3.8, 4) is 28.5 Å². The number of rotatable bonds is 3. The molecular weight excluding hydrogens is 384 g/mol. The fraction of sp³-hybridized carbons (Fsp3) is 0.240. The van der Waals surface area contributed by atoms with Crippen molar-refractivity contribution in [1.82, 2.24) is 14.8 Å². The van der Waals surface area contributed by atoms with Gasteiger partial charge in [0.05, 0.1) is 34.7 Å². The molecule has 3 heterocycles. The van der Waals surface area contributed by atoms with Crippen molar-refractivity contribution in [2.45, 2.75) is 18.9 Å². The third-order valence-electron chi connectivity index (χ3n) is 6.00. The summed E-state index contributed by atoms with van der Waals surface area (Å²) in [6, 6.07) is 18.7. The summed E-state index contributed by atoms with van der Waals surface area (Å²) in [5, 5.41) is 14.7. The molecule has 2 aromatic carbocycles. The van der Waals surface area contributed by atoms with Crippen LogP contribution in [0.4, 0.5) is 5.69 Å². The van der Waals surface area contributed by atoms with Crippen LogP contribution < -0.4 is 10.6 Å². The van der Waals surface area contributed by atoms with Gasteiger partial charge in [0.2, 0.25) is 0 Å². The number of fused-ring (bicyclic) bond motifs is 1. The number of nitrogens with zero attached hydrogens (tertiary/aromatic N) is 5. The van der Waals surface area contributed by atoms with Crippen molar-refractivity contribution in [2.24, 2.45) is 12.8 Å². The molecule has 0 aliphatic carbocycles. The van der Waals surface area contributed by atoms with E-state index in [1.807, 2.05) is 54.5 Å². The number of hydrogen-bond acceptors (Lipinski definition) is 5. The second-order valence-corrected chi connectivity index (χ2v) is 8.18. The molecule has 31 heavy (non-hydrogen) atoms. The highest BCUT2D eigenvalue weighted by atomic mass is 15.2.